The van der Waals surface area contributed by atoms with Gasteiger partial charge in [0, 0.05) is 31.9 Å². The number of hydrogen-bond donors (Lipinski definition) is 1. The summed E-state index contributed by atoms with van der Waals surface area (Å²) < 4.78 is 17.3. The summed E-state index contributed by atoms with van der Waals surface area (Å²) in [6.45, 7) is 11.5. The molecule has 0 aromatic rings. The molecule has 0 saturated heterocycles. The van der Waals surface area contributed by atoms with E-state index in [0.29, 0.717) is 19.8 Å². The summed E-state index contributed by atoms with van der Waals surface area (Å²) in [5, 5.41) is 0. The summed E-state index contributed by atoms with van der Waals surface area (Å²) >= 11 is 0. The lowest BCUT2D eigenvalue weighted by molar-refractivity contribution is 0.0706. The summed E-state index contributed by atoms with van der Waals surface area (Å²) in [5.41, 5.74) is 5.80. The molecule has 0 aliphatic rings. The summed E-state index contributed by atoms with van der Waals surface area (Å²) in [5.74, 6) is 0. The SMILES string of the molecule is C=CC(N)CCC[Si](OCC)(OCC)OCC. The van der Waals surface area contributed by atoms with Crippen molar-refractivity contribution in [3.63, 3.8) is 0 Å². The Labute approximate surface area is 106 Å². The Hall–Kier alpha value is -0.203. The fraction of sp³-hybridized carbons (Fsp3) is 0.833. The Morgan fingerprint density at radius 3 is 1.94 bits per heavy atom. The summed E-state index contributed by atoms with van der Waals surface area (Å²) in [6.07, 6.45) is 3.61. The van der Waals surface area contributed by atoms with Gasteiger partial charge in [0.05, 0.1) is 0 Å². The van der Waals surface area contributed by atoms with Crippen LogP contribution in [0.3, 0.4) is 0 Å². The second-order valence-electron chi connectivity index (χ2n) is 3.77. The minimum atomic E-state index is -2.46. The van der Waals surface area contributed by atoms with E-state index in [0.717, 1.165) is 18.9 Å². The van der Waals surface area contributed by atoms with Crippen molar-refractivity contribution in [1.82, 2.24) is 0 Å². The summed E-state index contributed by atoms with van der Waals surface area (Å²) in [7, 11) is -2.46. The van der Waals surface area contributed by atoms with Gasteiger partial charge in [-0.2, -0.15) is 0 Å². The lowest BCUT2D eigenvalue weighted by atomic mass is 10.2. The lowest BCUT2D eigenvalue weighted by Gasteiger charge is -2.28. The highest BCUT2D eigenvalue weighted by atomic mass is 28.4. The molecule has 0 heterocycles. The van der Waals surface area contributed by atoms with Gasteiger partial charge < -0.3 is 19.0 Å². The van der Waals surface area contributed by atoms with Crippen LogP contribution in [0.5, 0.6) is 0 Å². The molecule has 0 rings (SSSR count). The molecule has 2 N–H and O–H groups in total. The van der Waals surface area contributed by atoms with Crippen LogP contribution in [0.4, 0.5) is 0 Å². The van der Waals surface area contributed by atoms with Gasteiger partial charge in [-0.15, -0.1) is 6.58 Å². The molecule has 4 nitrogen and oxygen atoms in total. The molecule has 17 heavy (non-hydrogen) atoms. The van der Waals surface area contributed by atoms with Gasteiger partial charge in [0.2, 0.25) is 0 Å². The molecule has 0 spiro atoms. The van der Waals surface area contributed by atoms with Crippen LogP contribution in [0.25, 0.3) is 0 Å². The maximum absolute atomic E-state index is 5.80. The first-order valence-corrected chi connectivity index (χ1v) is 8.37. The zero-order valence-corrected chi connectivity index (χ0v) is 12.4. The smallest absolute Gasteiger partial charge is 0.374 e. The van der Waals surface area contributed by atoms with Gasteiger partial charge in [-0.3, -0.25) is 0 Å². The number of nitrogens with two attached hydrogens (primary N) is 1. The van der Waals surface area contributed by atoms with Crippen molar-refractivity contribution in [2.45, 2.75) is 45.7 Å². The van der Waals surface area contributed by atoms with E-state index in [4.69, 9.17) is 19.0 Å². The van der Waals surface area contributed by atoms with Crippen molar-refractivity contribution < 1.29 is 13.3 Å². The van der Waals surface area contributed by atoms with Gasteiger partial charge in [-0.05, 0) is 33.6 Å². The fourth-order valence-electron chi connectivity index (χ4n) is 1.67. The van der Waals surface area contributed by atoms with Gasteiger partial charge in [0.25, 0.3) is 0 Å². The Morgan fingerprint density at radius 2 is 1.59 bits per heavy atom. The third-order valence-corrected chi connectivity index (χ3v) is 5.57. The summed E-state index contributed by atoms with van der Waals surface area (Å²) in [4.78, 5) is 0. The molecule has 0 saturated carbocycles. The fourth-order valence-corrected chi connectivity index (χ4v) is 4.31. The average molecular weight is 261 g/mol. The first-order valence-electron chi connectivity index (χ1n) is 6.44. The highest BCUT2D eigenvalue weighted by Gasteiger charge is 2.39. The number of rotatable bonds is 11. The minimum Gasteiger partial charge on any atom is -0.374 e. The molecule has 0 bridgehead atoms. The van der Waals surface area contributed by atoms with Crippen molar-refractivity contribution in [2.75, 3.05) is 19.8 Å². The molecule has 0 fully saturated rings. The molecule has 1 unspecified atom stereocenters. The van der Waals surface area contributed by atoms with Crippen molar-refractivity contribution >= 4 is 8.80 Å². The third kappa shape index (κ3) is 6.95. The van der Waals surface area contributed by atoms with Crippen molar-refractivity contribution in [3.05, 3.63) is 12.7 Å². The third-order valence-electron chi connectivity index (χ3n) is 2.42. The molecular formula is C12H27NO3Si. The first-order chi connectivity index (χ1) is 8.14. The van der Waals surface area contributed by atoms with E-state index in [1.165, 1.54) is 0 Å². The molecule has 1 atom stereocenters. The molecule has 0 aliphatic carbocycles. The maximum Gasteiger partial charge on any atom is 0.500 e. The van der Waals surface area contributed by atoms with E-state index in [9.17, 15) is 0 Å². The van der Waals surface area contributed by atoms with Crippen molar-refractivity contribution in [1.29, 1.82) is 0 Å². The average Bonchev–Trinajstić information content (AvgIpc) is 2.30. The first kappa shape index (κ1) is 16.8. The Balaban J connectivity index is 4.27. The van der Waals surface area contributed by atoms with Crippen LogP contribution >= 0.6 is 0 Å². The zero-order chi connectivity index (χ0) is 13.1. The second-order valence-corrected chi connectivity index (χ2v) is 6.51. The monoisotopic (exact) mass is 261 g/mol. The van der Waals surface area contributed by atoms with Crippen LogP contribution in [-0.4, -0.2) is 34.7 Å². The van der Waals surface area contributed by atoms with Gasteiger partial charge in [-0.1, -0.05) is 6.08 Å². The predicted octanol–water partition coefficient (Wildman–Crippen LogP) is 2.33. The van der Waals surface area contributed by atoms with E-state index >= 15 is 0 Å². The quantitative estimate of drug-likeness (QED) is 0.458. The Bertz CT molecular complexity index is 185. The van der Waals surface area contributed by atoms with Gasteiger partial charge in [0.15, 0.2) is 0 Å². The Morgan fingerprint density at radius 1 is 1.12 bits per heavy atom. The van der Waals surface area contributed by atoms with Crippen LogP contribution < -0.4 is 5.73 Å². The van der Waals surface area contributed by atoms with E-state index < -0.39 is 8.80 Å². The highest BCUT2D eigenvalue weighted by molar-refractivity contribution is 6.60. The molecule has 0 radical (unpaired) electrons. The lowest BCUT2D eigenvalue weighted by Crippen LogP contribution is -2.46. The highest BCUT2D eigenvalue weighted by Crippen LogP contribution is 2.19. The molecule has 0 aromatic carbocycles. The molecule has 0 aromatic heterocycles. The molecular weight excluding hydrogens is 234 g/mol. The van der Waals surface area contributed by atoms with Crippen LogP contribution in [0.2, 0.25) is 6.04 Å². The van der Waals surface area contributed by atoms with Gasteiger partial charge in [0.1, 0.15) is 0 Å². The number of hydrogen-bond acceptors (Lipinski definition) is 4. The standard InChI is InChI=1S/C12H27NO3Si/c1-5-12(13)10-9-11-17(14-6-2,15-7-3)16-8-4/h5,12H,1,6-11,13H2,2-4H3. The summed E-state index contributed by atoms with van der Waals surface area (Å²) in [6, 6.07) is 0.871. The zero-order valence-electron chi connectivity index (χ0n) is 11.4. The van der Waals surface area contributed by atoms with E-state index in [1.54, 1.807) is 6.08 Å². The molecule has 0 aliphatic heterocycles. The van der Waals surface area contributed by atoms with Crippen LogP contribution in [0, 0.1) is 0 Å². The van der Waals surface area contributed by atoms with E-state index in [-0.39, 0.29) is 6.04 Å². The minimum absolute atomic E-state index is 0.0478. The maximum atomic E-state index is 5.80. The largest absolute Gasteiger partial charge is 0.500 e. The molecule has 5 heteroatoms. The van der Waals surface area contributed by atoms with E-state index in [2.05, 4.69) is 6.58 Å². The van der Waals surface area contributed by atoms with Crippen LogP contribution in [0.15, 0.2) is 12.7 Å². The topological polar surface area (TPSA) is 53.7 Å². The van der Waals surface area contributed by atoms with Gasteiger partial charge >= 0.3 is 8.80 Å². The molecule has 0 amide bonds. The predicted molar refractivity (Wildman–Crippen MR) is 72.8 cm³/mol. The Kier molecular flexibility index (Phi) is 9.67. The van der Waals surface area contributed by atoms with Crippen LogP contribution in [0.1, 0.15) is 33.6 Å². The normalized spacial score (nSPS) is 13.6. The molecule has 102 valence electrons. The van der Waals surface area contributed by atoms with Crippen molar-refractivity contribution in [2.24, 2.45) is 5.73 Å². The second kappa shape index (κ2) is 9.79. The van der Waals surface area contributed by atoms with E-state index in [1.807, 2.05) is 20.8 Å². The van der Waals surface area contributed by atoms with Gasteiger partial charge in [-0.25, -0.2) is 0 Å². The van der Waals surface area contributed by atoms with Crippen molar-refractivity contribution in [3.8, 4) is 0 Å². The van der Waals surface area contributed by atoms with Crippen LogP contribution in [-0.2, 0) is 13.3 Å².